The SMILES string of the molecule is COc1ccc(/C(O)=C2/C(=O)c3c(C)cc(C)nc3S(=O)(=O)N2CCCN2CCN(c3cccc(C(F)(F)F)c3)CC2)cc1. The molecule has 0 atom stereocenters. The molecule has 0 radical (unpaired) electrons. The third kappa shape index (κ3) is 6.11. The van der Waals surface area contributed by atoms with Gasteiger partial charge in [0, 0.05) is 56.2 Å². The molecule has 3 aromatic rings. The molecule has 0 spiro atoms. The van der Waals surface area contributed by atoms with E-state index < -0.39 is 33.3 Å². The molecule has 5 rings (SSSR count). The van der Waals surface area contributed by atoms with Crippen LogP contribution in [0.5, 0.6) is 5.75 Å². The lowest BCUT2D eigenvalue weighted by Gasteiger charge is -2.37. The van der Waals surface area contributed by atoms with E-state index in [1.165, 1.54) is 13.2 Å². The summed E-state index contributed by atoms with van der Waals surface area (Å²) in [4.78, 5) is 22.0. The van der Waals surface area contributed by atoms with E-state index in [0.29, 0.717) is 61.8 Å². The quantitative estimate of drug-likeness (QED) is 0.286. The fourth-order valence-electron chi connectivity index (χ4n) is 5.61. The number of aliphatic hydroxyl groups is 1. The summed E-state index contributed by atoms with van der Waals surface area (Å²) in [5.74, 6) is -0.579. The number of aromatic nitrogens is 1. The van der Waals surface area contributed by atoms with Gasteiger partial charge in [0.15, 0.2) is 10.8 Å². The topological polar surface area (TPSA) is 103 Å². The number of piperazine rings is 1. The minimum absolute atomic E-state index is 0.0624. The van der Waals surface area contributed by atoms with E-state index in [4.69, 9.17) is 4.74 Å². The molecule has 1 fully saturated rings. The van der Waals surface area contributed by atoms with Gasteiger partial charge in [-0.05, 0) is 74.4 Å². The Hall–Kier alpha value is -4.10. The molecule has 234 valence electrons. The number of hydrogen-bond acceptors (Lipinski definition) is 8. The zero-order valence-electron chi connectivity index (χ0n) is 24.6. The van der Waals surface area contributed by atoms with Crippen LogP contribution in [0.25, 0.3) is 5.76 Å². The van der Waals surface area contributed by atoms with Crippen LogP contribution in [0, 0.1) is 13.8 Å². The van der Waals surface area contributed by atoms with E-state index in [2.05, 4.69) is 9.88 Å². The third-order valence-electron chi connectivity index (χ3n) is 7.87. The van der Waals surface area contributed by atoms with Crippen molar-refractivity contribution >= 4 is 27.3 Å². The molecule has 1 saturated heterocycles. The first-order valence-corrected chi connectivity index (χ1v) is 15.5. The molecule has 3 heterocycles. The van der Waals surface area contributed by atoms with E-state index >= 15 is 0 Å². The number of aliphatic hydroxyl groups excluding tert-OH is 1. The summed E-state index contributed by atoms with van der Waals surface area (Å²) >= 11 is 0. The summed E-state index contributed by atoms with van der Waals surface area (Å²) in [7, 11) is -2.81. The molecule has 0 amide bonds. The number of hydrogen-bond donors (Lipinski definition) is 1. The highest BCUT2D eigenvalue weighted by Crippen LogP contribution is 2.37. The standard InChI is InChI=1S/C31H33F3N4O5S/c1-20-18-21(2)35-30-26(20)29(40)27(28(39)22-8-10-25(43-3)11-9-22)38(44(30,41)42)13-5-12-36-14-16-37(17-15-36)24-7-4-6-23(19-24)31(32,33)34/h4,6-11,18-19,39H,5,12-17H2,1-3H3/b28-27+. The van der Waals surface area contributed by atoms with Gasteiger partial charge in [-0.2, -0.15) is 21.6 Å². The van der Waals surface area contributed by atoms with Crippen molar-refractivity contribution in [2.75, 3.05) is 51.3 Å². The van der Waals surface area contributed by atoms with E-state index in [1.54, 1.807) is 50.2 Å². The molecule has 0 unspecified atom stereocenters. The Morgan fingerprint density at radius 2 is 1.68 bits per heavy atom. The van der Waals surface area contributed by atoms with Crippen LogP contribution in [-0.2, 0) is 16.2 Å². The lowest BCUT2D eigenvalue weighted by atomic mass is 10.0. The molecular formula is C31H33F3N4O5S. The summed E-state index contributed by atoms with van der Waals surface area (Å²) < 4.78 is 73.5. The van der Waals surface area contributed by atoms with Crippen molar-refractivity contribution in [2.45, 2.75) is 31.5 Å². The fraction of sp³-hybridized carbons (Fsp3) is 0.355. The van der Waals surface area contributed by atoms with Crippen molar-refractivity contribution < 1.29 is 36.2 Å². The average Bonchev–Trinajstić information content (AvgIpc) is 2.99. The van der Waals surface area contributed by atoms with Crippen molar-refractivity contribution in [1.82, 2.24) is 14.2 Å². The minimum atomic E-state index is -4.42. The summed E-state index contributed by atoms with van der Waals surface area (Å²) in [5, 5.41) is 11.0. The van der Waals surface area contributed by atoms with Gasteiger partial charge < -0.3 is 14.7 Å². The van der Waals surface area contributed by atoms with Crippen LogP contribution < -0.4 is 9.64 Å². The Labute approximate surface area is 254 Å². The first-order chi connectivity index (χ1) is 20.8. The molecule has 2 aromatic carbocycles. The van der Waals surface area contributed by atoms with Crippen LogP contribution in [0.15, 0.2) is 65.3 Å². The second-order valence-corrected chi connectivity index (χ2v) is 12.6. The van der Waals surface area contributed by atoms with Gasteiger partial charge in [0.2, 0.25) is 5.78 Å². The summed E-state index contributed by atoms with van der Waals surface area (Å²) in [6.07, 6.45) is -4.09. The van der Waals surface area contributed by atoms with E-state index in [1.807, 2.05) is 4.90 Å². The van der Waals surface area contributed by atoms with Crippen molar-refractivity contribution in [3.8, 4) is 5.75 Å². The molecule has 44 heavy (non-hydrogen) atoms. The lowest BCUT2D eigenvalue weighted by molar-refractivity contribution is -0.137. The van der Waals surface area contributed by atoms with Gasteiger partial charge in [-0.15, -0.1) is 0 Å². The Kier molecular flexibility index (Phi) is 8.63. The number of carbonyl (C=O) groups excluding carboxylic acids is 1. The summed E-state index contributed by atoms with van der Waals surface area (Å²) in [5.41, 5.74) is 0.540. The molecular weight excluding hydrogens is 597 g/mol. The number of sulfonamides is 1. The minimum Gasteiger partial charge on any atom is -0.505 e. The lowest BCUT2D eigenvalue weighted by Crippen LogP contribution is -2.47. The molecule has 1 N–H and O–H groups in total. The molecule has 2 aliphatic rings. The maximum Gasteiger partial charge on any atom is 0.416 e. The smallest absolute Gasteiger partial charge is 0.416 e. The van der Waals surface area contributed by atoms with E-state index in [0.717, 1.165) is 16.4 Å². The van der Waals surface area contributed by atoms with Crippen molar-refractivity contribution in [3.63, 3.8) is 0 Å². The number of benzene rings is 2. The third-order valence-corrected chi connectivity index (χ3v) is 9.60. The average molecular weight is 631 g/mol. The van der Waals surface area contributed by atoms with Gasteiger partial charge in [0.05, 0.1) is 18.2 Å². The van der Waals surface area contributed by atoms with Crippen LogP contribution in [0.4, 0.5) is 18.9 Å². The second kappa shape index (κ2) is 12.1. The number of carbonyl (C=O) groups is 1. The number of rotatable bonds is 7. The van der Waals surface area contributed by atoms with Crippen molar-refractivity contribution in [2.24, 2.45) is 0 Å². The van der Waals surface area contributed by atoms with Crippen LogP contribution >= 0.6 is 0 Å². The maximum atomic E-state index is 13.9. The molecule has 0 bridgehead atoms. The van der Waals surface area contributed by atoms with Crippen LogP contribution in [0.3, 0.4) is 0 Å². The predicted molar refractivity (Wildman–Crippen MR) is 159 cm³/mol. The largest absolute Gasteiger partial charge is 0.505 e. The number of halogens is 3. The Morgan fingerprint density at radius 3 is 2.32 bits per heavy atom. The molecule has 13 heteroatoms. The van der Waals surface area contributed by atoms with Crippen molar-refractivity contribution in [3.05, 3.63) is 88.2 Å². The zero-order valence-corrected chi connectivity index (χ0v) is 25.4. The van der Waals surface area contributed by atoms with Gasteiger partial charge >= 0.3 is 6.18 Å². The van der Waals surface area contributed by atoms with Crippen molar-refractivity contribution in [1.29, 1.82) is 0 Å². The predicted octanol–water partition coefficient (Wildman–Crippen LogP) is 5.05. The van der Waals surface area contributed by atoms with Crippen LogP contribution in [0.2, 0.25) is 0 Å². The second-order valence-electron chi connectivity index (χ2n) is 10.8. The summed E-state index contributed by atoms with van der Waals surface area (Å²) in [6, 6.07) is 13.1. The number of anilines is 1. The maximum absolute atomic E-state index is 13.9. The zero-order chi connectivity index (χ0) is 31.8. The monoisotopic (exact) mass is 630 g/mol. The van der Waals surface area contributed by atoms with Gasteiger partial charge in [-0.1, -0.05) is 6.07 Å². The highest BCUT2D eigenvalue weighted by Gasteiger charge is 2.44. The number of aryl methyl sites for hydroxylation is 2. The van der Waals surface area contributed by atoms with E-state index in [-0.39, 0.29) is 28.4 Å². The van der Waals surface area contributed by atoms with Gasteiger partial charge in [-0.3, -0.25) is 14.0 Å². The van der Waals surface area contributed by atoms with Gasteiger partial charge in [0.1, 0.15) is 11.4 Å². The number of alkyl halides is 3. The number of fused-ring (bicyclic) bond motifs is 1. The molecule has 0 saturated carbocycles. The number of ketones is 1. The molecule has 0 aliphatic carbocycles. The fourth-order valence-corrected chi connectivity index (χ4v) is 7.37. The van der Waals surface area contributed by atoms with Crippen LogP contribution in [-0.4, -0.2) is 79.9 Å². The normalized spacial score (nSPS) is 18.3. The summed E-state index contributed by atoms with van der Waals surface area (Å²) in [6.45, 7) is 5.79. The highest BCUT2D eigenvalue weighted by atomic mass is 32.2. The molecule has 2 aliphatic heterocycles. The Bertz CT molecular complexity index is 1700. The number of allylic oxidation sites excluding steroid dienone is 1. The number of methoxy groups -OCH3 is 1. The number of pyridine rings is 1. The molecule has 1 aromatic heterocycles. The van der Waals surface area contributed by atoms with E-state index in [9.17, 15) is 31.5 Å². The first-order valence-electron chi connectivity index (χ1n) is 14.1. The Morgan fingerprint density at radius 1 is 1.00 bits per heavy atom. The number of Topliss-reactive ketones (excluding diaryl/α,β-unsaturated/α-hetero) is 1. The number of nitrogens with zero attached hydrogens (tertiary/aromatic N) is 4. The van der Waals surface area contributed by atoms with Gasteiger partial charge in [0.25, 0.3) is 10.0 Å². The number of ether oxygens (including phenoxy) is 1. The Balaban J connectivity index is 1.36. The van der Waals surface area contributed by atoms with Gasteiger partial charge in [-0.25, -0.2) is 4.98 Å². The molecule has 9 nitrogen and oxygen atoms in total. The van der Waals surface area contributed by atoms with Crippen LogP contribution in [0.1, 0.15) is 39.2 Å². The highest BCUT2D eigenvalue weighted by molar-refractivity contribution is 7.89. The first kappa shape index (κ1) is 31.3.